The Hall–Kier alpha value is -0.911. The minimum absolute atomic E-state index is 1.03. The number of benzene rings is 1. The van der Waals surface area contributed by atoms with E-state index in [2.05, 4.69) is 70.4 Å². The number of hydrogen-bond acceptors (Lipinski definition) is 3. The Morgan fingerprint density at radius 2 is 1.44 bits per heavy atom. The number of hydrogen-bond donors (Lipinski definition) is 0. The van der Waals surface area contributed by atoms with Crippen molar-refractivity contribution in [3.63, 3.8) is 0 Å². The van der Waals surface area contributed by atoms with Crippen LogP contribution in [-0.2, 0) is 0 Å². The molecule has 0 N–H and O–H groups in total. The SMILES string of the molecule is CCC[CH2][Sn]([CH2]CCC)([CH2]CCC)[n]1nnnc1-c1ccccc1C. The molecule has 0 radical (unpaired) electrons. The number of aromatic nitrogens is 4. The molecule has 5 heteroatoms. The third kappa shape index (κ3) is 5.05. The van der Waals surface area contributed by atoms with E-state index < -0.39 is 18.7 Å². The molecule has 1 heterocycles. The topological polar surface area (TPSA) is 43.6 Å². The first kappa shape index (κ1) is 20.4. The van der Waals surface area contributed by atoms with Crippen LogP contribution >= 0.6 is 0 Å². The van der Waals surface area contributed by atoms with E-state index in [1.165, 1.54) is 63.0 Å². The maximum atomic E-state index is 4.61. The van der Waals surface area contributed by atoms with Gasteiger partial charge < -0.3 is 0 Å². The van der Waals surface area contributed by atoms with Crippen LogP contribution < -0.4 is 0 Å². The fourth-order valence-corrected chi connectivity index (χ4v) is 18.7. The molecule has 0 spiro atoms. The fraction of sp³-hybridized carbons (Fsp3) is 0.650. The maximum absolute atomic E-state index is 4.61. The Morgan fingerprint density at radius 3 is 1.96 bits per heavy atom. The van der Waals surface area contributed by atoms with Crippen LogP contribution in [0.3, 0.4) is 0 Å². The van der Waals surface area contributed by atoms with Gasteiger partial charge in [-0.1, -0.05) is 0 Å². The molecule has 0 aliphatic carbocycles. The molecule has 0 fully saturated rings. The molecule has 0 bridgehead atoms. The number of rotatable bonds is 11. The molecule has 0 saturated heterocycles. The van der Waals surface area contributed by atoms with E-state index in [9.17, 15) is 0 Å². The van der Waals surface area contributed by atoms with Crippen molar-refractivity contribution < 1.29 is 0 Å². The van der Waals surface area contributed by atoms with Crippen molar-refractivity contribution >= 4 is 18.7 Å². The Bertz CT molecular complexity index is 616. The van der Waals surface area contributed by atoms with Gasteiger partial charge in [0.05, 0.1) is 0 Å². The summed E-state index contributed by atoms with van der Waals surface area (Å²) in [6.45, 7) is 9.07. The summed E-state index contributed by atoms with van der Waals surface area (Å²) in [5.74, 6) is 1.03. The molecule has 2 aromatic rings. The molecule has 0 saturated carbocycles. The van der Waals surface area contributed by atoms with Crippen molar-refractivity contribution in [1.82, 2.24) is 18.4 Å². The number of tetrazole rings is 1. The van der Waals surface area contributed by atoms with E-state index in [4.69, 9.17) is 0 Å². The molecule has 4 nitrogen and oxygen atoms in total. The van der Waals surface area contributed by atoms with E-state index >= 15 is 0 Å². The van der Waals surface area contributed by atoms with Gasteiger partial charge in [0.15, 0.2) is 0 Å². The van der Waals surface area contributed by atoms with Gasteiger partial charge in [0.25, 0.3) is 0 Å². The summed E-state index contributed by atoms with van der Waals surface area (Å²) in [5, 5.41) is 13.3. The first-order chi connectivity index (χ1) is 12.2. The second-order valence-corrected chi connectivity index (χ2v) is 19.7. The van der Waals surface area contributed by atoms with Crippen LogP contribution in [0.25, 0.3) is 11.4 Å². The molecular weight excluding hydrogens is 415 g/mol. The summed E-state index contributed by atoms with van der Waals surface area (Å²) in [6.07, 6.45) is 7.74. The van der Waals surface area contributed by atoms with Crippen LogP contribution in [0.2, 0.25) is 13.3 Å². The van der Waals surface area contributed by atoms with Gasteiger partial charge in [-0.05, 0) is 0 Å². The van der Waals surface area contributed by atoms with Gasteiger partial charge in [-0.25, -0.2) is 0 Å². The molecule has 138 valence electrons. The molecule has 2 rings (SSSR count). The summed E-state index contributed by atoms with van der Waals surface area (Å²) < 4.78 is 6.50. The third-order valence-electron chi connectivity index (χ3n) is 5.29. The van der Waals surface area contributed by atoms with Crippen LogP contribution in [0.15, 0.2) is 24.3 Å². The van der Waals surface area contributed by atoms with E-state index in [1.54, 1.807) is 0 Å². The van der Waals surface area contributed by atoms with Crippen LogP contribution in [0.4, 0.5) is 0 Å². The average Bonchev–Trinajstić information content (AvgIpc) is 3.12. The van der Waals surface area contributed by atoms with Gasteiger partial charge in [0.2, 0.25) is 0 Å². The Kier molecular flexibility index (Phi) is 8.40. The molecule has 1 aromatic carbocycles. The van der Waals surface area contributed by atoms with Gasteiger partial charge in [-0.3, -0.25) is 0 Å². The molecule has 0 atom stereocenters. The summed E-state index contributed by atoms with van der Waals surface area (Å²) in [5.41, 5.74) is 2.47. The first-order valence-corrected chi connectivity index (χ1v) is 17.4. The fourth-order valence-electron chi connectivity index (χ4n) is 3.71. The number of unbranched alkanes of at least 4 members (excludes halogenated alkanes) is 3. The van der Waals surface area contributed by atoms with E-state index in [-0.39, 0.29) is 0 Å². The second-order valence-electron chi connectivity index (χ2n) is 7.26. The molecule has 0 amide bonds. The van der Waals surface area contributed by atoms with Crippen LogP contribution in [0, 0.1) is 6.92 Å². The van der Waals surface area contributed by atoms with E-state index in [0.717, 1.165) is 5.82 Å². The first-order valence-electron chi connectivity index (χ1n) is 10.0. The van der Waals surface area contributed by atoms with Crippen LogP contribution in [0.5, 0.6) is 0 Å². The molecule has 0 aliphatic heterocycles. The normalized spacial score (nSPS) is 11.8. The van der Waals surface area contributed by atoms with Crippen molar-refractivity contribution in [2.45, 2.75) is 79.5 Å². The predicted molar refractivity (Wildman–Crippen MR) is 108 cm³/mol. The Labute approximate surface area is 157 Å². The van der Waals surface area contributed by atoms with E-state index in [1.807, 2.05) is 0 Å². The number of nitrogens with zero attached hydrogens (tertiary/aromatic N) is 4. The van der Waals surface area contributed by atoms with Crippen molar-refractivity contribution in [3.8, 4) is 11.4 Å². The van der Waals surface area contributed by atoms with Crippen molar-refractivity contribution in [2.75, 3.05) is 0 Å². The Balaban J connectivity index is 2.49. The monoisotopic (exact) mass is 450 g/mol. The summed E-state index contributed by atoms with van der Waals surface area (Å²) in [7, 11) is 0. The summed E-state index contributed by atoms with van der Waals surface area (Å²) in [4.78, 5) is 0. The zero-order valence-electron chi connectivity index (χ0n) is 16.5. The predicted octanol–water partition coefficient (Wildman–Crippen LogP) is 5.84. The van der Waals surface area contributed by atoms with Gasteiger partial charge in [0.1, 0.15) is 0 Å². The van der Waals surface area contributed by atoms with Crippen molar-refractivity contribution in [2.24, 2.45) is 0 Å². The van der Waals surface area contributed by atoms with Crippen LogP contribution in [-0.4, -0.2) is 37.1 Å². The molecule has 25 heavy (non-hydrogen) atoms. The van der Waals surface area contributed by atoms with Crippen molar-refractivity contribution in [3.05, 3.63) is 29.8 Å². The quantitative estimate of drug-likeness (QED) is 0.405. The van der Waals surface area contributed by atoms with Gasteiger partial charge in [-0.15, -0.1) is 0 Å². The van der Waals surface area contributed by atoms with Gasteiger partial charge in [-0.2, -0.15) is 0 Å². The average molecular weight is 449 g/mol. The molecular formula is C20H34N4Sn. The molecule has 0 aliphatic rings. The summed E-state index contributed by atoms with van der Waals surface area (Å²) in [6, 6.07) is 8.53. The molecule has 1 aromatic heterocycles. The van der Waals surface area contributed by atoms with Crippen LogP contribution in [0.1, 0.15) is 64.9 Å². The molecule has 0 unspecified atom stereocenters. The number of aryl methyl sites for hydroxylation is 1. The Morgan fingerprint density at radius 1 is 0.880 bits per heavy atom. The summed E-state index contributed by atoms with van der Waals surface area (Å²) >= 11 is -2.67. The zero-order chi connectivity index (χ0) is 18.1. The van der Waals surface area contributed by atoms with Gasteiger partial charge in [0, 0.05) is 0 Å². The van der Waals surface area contributed by atoms with E-state index in [0.29, 0.717) is 0 Å². The van der Waals surface area contributed by atoms with Crippen molar-refractivity contribution in [1.29, 1.82) is 0 Å². The second kappa shape index (κ2) is 10.3. The zero-order valence-corrected chi connectivity index (χ0v) is 19.3. The minimum atomic E-state index is -2.67. The standard InChI is InChI=1S/C8H7N4.3C4H9.Sn/c1-6-4-2-3-5-7(6)8-9-11-12-10-8;3*1-3-4-2;/h2-5H,1H3;3*1,3-4H2,2H3;/q-1;;;;+1. The van der Waals surface area contributed by atoms with Gasteiger partial charge >= 0.3 is 158 Å². The third-order valence-corrected chi connectivity index (χ3v) is 19.7.